The van der Waals surface area contributed by atoms with Gasteiger partial charge in [-0.1, -0.05) is 13.8 Å². The second-order valence-corrected chi connectivity index (χ2v) is 22.2. The smallest absolute Gasteiger partial charge is 0.335 e. The lowest BCUT2D eigenvalue weighted by atomic mass is 9.47. The van der Waals surface area contributed by atoms with Gasteiger partial charge >= 0.3 is 35.6 Å². The molecule has 3 heterocycles. The molecule has 6 unspecified atom stereocenters. The van der Waals surface area contributed by atoms with Crippen molar-refractivity contribution < 1.29 is 82.6 Å². The molecule has 15 aliphatic rings. The number of alkyl halides is 8. The summed E-state index contributed by atoms with van der Waals surface area (Å²) in [5.74, 6) is -23.5. The molecule has 0 N–H and O–H groups in total. The van der Waals surface area contributed by atoms with Gasteiger partial charge in [-0.2, -0.15) is 35.1 Å². The van der Waals surface area contributed by atoms with Gasteiger partial charge in [0.1, 0.15) is 51.8 Å². The predicted octanol–water partition coefficient (Wildman–Crippen LogP) is 8.72. The topological polar surface area (TPSA) is 108 Å². The molecule has 0 radical (unpaired) electrons. The molecule has 15 fully saturated rings. The summed E-state index contributed by atoms with van der Waals surface area (Å²) in [5, 5.41) is 0. The zero-order valence-electron chi connectivity index (χ0n) is 36.4. The Hall–Kier alpha value is -1.86. The molecule has 18 heteroatoms. The summed E-state index contributed by atoms with van der Waals surface area (Å²) >= 11 is 0. The second kappa shape index (κ2) is 14.6. The largest absolute Gasteiger partial charge is 0.462 e. The van der Waals surface area contributed by atoms with E-state index < -0.39 is 126 Å². The van der Waals surface area contributed by atoms with Crippen molar-refractivity contribution in [3.05, 3.63) is 0 Å². The molecule has 15 rings (SSSR count). The Morgan fingerprint density at radius 2 is 0.719 bits per heavy atom. The third-order valence-corrected chi connectivity index (χ3v) is 18.6. The molecule has 12 bridgehead atoms. The standard InChI is InChI=1S/C44H54F8O10.C2H6/c45-38(46)18-57-42(58-19-39(38,47)48)28-6-24-7-29(42)13-36(10-24,12-28)34(53)55-16-32-33(62-44(61-32)26-2-22-1-23(4-26)5-27(44)3-22)17-56-35(54)37-11-25-8-30(14-37)43(31(9-25)15-37)59-20-40(49,50)41(51,52)21-60-43;1-2/h22-33H,1-21H2;1-2H3. The Kier molecular flexibility index (Phi) is 10.2. The summed E-state index contributed by atoms with van der Waals surface area (Å²) in [5.41, 5.74) is -1.97. The van der Waals surface area contributed by atoms with E-state index in [0.29, 0.717) is 50.4 Å². The van der Waals surface area contributed by atoms with E-state index >= 15 is 0 Å². The van der Waals surface area contributed by atoms with Crippen molar-refractivity contribution in [2.75, 3.05) is 39.6 Å². The molecule has 64 heavy (non-hydrogen) atoms. The molecular weight excluding hydrogens is 864 g/mol. The molecule has 12 saturated carbocycles. The summed E-state index contributed by atoms with van der Waals surface area (Å²) in [6.45, 7) is -2.28. The SMILES string of the molecule is CC.O=C(OCC1OC2(OC1COC(=O)C13CC4CC(C1)C1(OCC(F)(F)C(F)(F)CO1)C(C4)C3)C1CC3CC(C1)CC2C3)C12CC3CC(C1)C1(OCC(F)(F)C(F)(F)CO1)C(C3)C2. The molecule has 360 valence electrons. The zero-order chi connectivity index (χ0) is 45.1. The summed E-state index contributed by atoms with van der Waals surface area (Å²) in [4.78, 5) is 28.7. The summed E-state index contributed by atoms with van der Waals surface area (Å²) < 4.78 is 164. The van der Waals surface area contributed by atoms with Crippen LogP contribution in [0.2, 0.25) is 0 Å². The second-order valence-electron chi connectivity index (χ2n) is 22.2. The zero-order valence-corrected chi connectivity index (χ0v) is 36.4. The lowest BCUT2D eigenvalue weighted by molar-refractivity contribution is -0.346. The lowest BCUT2D eigenvalue weighted by Crippen LogP contribution is -2.65. The first kappa shape index (κ1) is 44.6. The number of rotatable bonds is 6. The van der Waals surface area contributed by atoms with Gasteiger partial charge in [-0.3, -0.25) is 9.59 Å². The molecule has 6 atom stereocenters. The molecule has 3 saturated heterocycles. The molecule has 0 aromatic carbocycles. The highest BCUT2D eigenvalue weighted by Crippen LogP contribution is 2.69. The van der Waals surface area contributed by atoms with Crippen LogP contribution in [0.3, 0.4) is 0 Å². The molecule has 12 aliphatic carbocycles. The Morgan fingerprint density at radius 3 is 1.03 bits per heavy atom. The van der Waals surface area contributed by atoms with Crippen molar-refractivity contribution in [2.45, 2.75) is 163 Å². The van der Waals surface area contributed by atoms with Gasteiger partial charge < -0.3 is 37.9 Å². The van der Waals surface area contributed by atoms with Crippen LogP contribution in [0, 0.1) is 70.0 Å². The minimum Gasteiger partial charge on any atom is -0.462 e. The molecule has 0 amide bonds. The van der Waals surface area contributed by atoms with Crippen LogP contribution >= 0.6 is 0 Å². The van der Waals surface area contributed by atoms with Gasteiger partial charge in [0.15, 0.2) is 17.4 Å². The fourth-order valence-electron chi connectivity index (χ4n) is 16.4. The maximum absolute atomic E-state index is 14.4. The van der Waals surface area contributed by atoms with Crippen LogP contribution in [-0.4, -0.2) is 105 Å². The van der Waals surface area contributed by atoms with Gasteiger partial charge in [0, 0.05) is 35.5 Å². The fraction of sp³-hybridized carbons (Fsp3) is 0.957. The predicted molar refractivity (Wildman–Crippen MR) is 204 cm³/mol. The van der Waals surface area contributed by atoms with Crippen LogP contribution in [-0.2, 0) is 47.5 Å². The fourth-order valence-corrected chi connectivity index (χ4v) is 16.4. The van der Waals surface area contributed by atoms with E-state index in [-0.39, 0.29) is 62.6 Å². The molecule has 3 aliphatic heterocycles. The van der Waals surface area contributed by atoms with Gasteiger partial charge in [-0.15, -0.1) is 0 Å². The van der Waals surface area contributed by atoms with Crippen LogP contribution in [0.15, 0.2) is 0 Å². The Bertz CT molecular complexity index is 1670. The molecule has 10 nitrogen and oxygen atoms in total. The highest BCUT2D eigenvalue weighted by atomic mass is 19.3. The van der Waals surface area contributed by atoms with Crippen molar-refractivity contribution in [1.82, 2.24) is 0 Å². The quantitative estimate of drug-likeness (QED) is 0.190. The molecule has 0 aromatic heterocycles. The van der Waals surface area contributed by atoms with Gasteiger partial charge in [0.25, 0.3) is 0 Å². The number of carbonyl (C=O) groups is 2. The van der Waals surface area contributed by atoms with Gasteiger partial charge in [0.2, 0.25) is 0 Å². The minimum absolute atomic E-state index is 0.0405. The minimum atomic E-state index is -4.40. The van der Waals surface area contributed by atoms with Crippen molar-refractivity contribution >= 4 is 11.9 Å². The van der Waals surface area contributed by atoms with Crippen LogP contribution in [0.4, 0.5) is 35.1 Å². The van der Waals surface area contributed by atoms with Gasteiger partial charge in [-0.25, -0.2) is 0 Å². The Labute approximate surface area is 367 Å². The number of halogens is 8. The van der Waals surface area contributed by atoms with Gasteiger partial charge in [-0.05, 0) is 120 Å². The summed E-state index contributed by atoms with van der Waals surface area (Å²) in [6.07, 6.45) is 7.13. The van der Waals surface area contributed by atoms with Crippen LogP contribution in [0.1, 0.15) is 110 Å². The third-order valence-electron chi connectivity index (χ3n) is 18.6. The average Bonchev–Trinajstić information content (AvgIpc) is 3.53. The maximum Gasteiger partial charge on any atom is 0.335 e. The first-order valence-electron chi connectivity index (χ1n) is 24.0. The monoisotopic (exact) mass is 924 g/mol. The highest BCUT2D eigenvalue weighted by molar-refractivity contribution is 5.78. The molecule has 3 spiro atoms. The third kappa shape index (κ3) is 6.34. The Balaban J connectivity index is 0.00000225. The van der Waals surface area contributed by atoms with E-state index in [9.17, 15) is 44.7 Å². The van der Waals surface area contributed by atoms with Gasteiger partial charge in [0.05, 0.1) is 10.8 Å². The summed E-state index contributed by atoms with van der Waals surface area (Å²) in [7, 11) is 0. The number of carbonyl (C=O) groups excluding carboxylic acids is 2. The van der Waals surface area contributed by atoms with Crippen molar-refractivity contribution in [2.24, 2.45) is 70.0 Å². The normalized spacial score (nSPS) is 49.3. The van der Waals surface area contributed by atoms with Crippen molar-refractivity contribution in [3.8, 4) is 0 Å². The number of hydrogen-bond acceptors (Lipinski definition) is 10. The number of hydrogen-bond donors (Lipinski definition) is 0. The first-order chi connectivity index (χ1) is 30.2. The van der Waals surface area contributed by atoms with E-state index in [1.807, 2.05) is 13.8 Å². The summed E-state index contributed by atoms with van der Waals surface area (Å²) in [6, 6.07) is 0. The highest BCUT2D eigenvalue weighted by Gasteiger charge is 2.73. The lowest BCUT2D eigenvalue weighted by Gasteiger charge is -2.62. The molecular formula is C46H60F8O10. The van der Waals surface area contributed by atoms with Crippen molar-refractivity contribution in [1.29, 1.82) is 0 Å². The Morgan fingerprint density at radius 1 is 0.422 bits per heavy atom. The van der Waals surface area contributed by atoms with Crippen LogP contribution in [0.5, 0.6) is 0 Å². The molecule has 0 aromatic rings. The van der Waals surface area contributed by atoms with Crippen molar-refractivity contribution in [3.63, 3.8) is 0 Å². The van der Waals surface area contributed by atoms with E-state index in [0.717, 1.165) is 25.7 Å². The first-order valence-corrected chi connectivity index (χ1v) is 24.0. The maximum atomic E-state index is 14.4. The van der Waals surface area contributed by atoms with E-state index in [2.05, 4.69) is 0 Å². The van der Waals surface area contributed by atoms with E-state index in [1.165, 1.54) is 6.42 Å². The van der Waals surface area contributed by atoms with Crippen LogP contribution < -0.4 is 0 Å². The van der Waals surface area contributed by atoms with E-state index in [4.69, 9.17) is 37.9 Å². The average molecular weight is 925 g/mol. The van der Waals surface area contributed by atoms with E-state index in [1.54, 1.807) is 0 Å². The van der Waals surface area contributed by atoms with Crippen LogP contribution in [0.25, 0.3) is 0 Å². The number of esters is 2. The number of ether oxygens (including phenoxy) is 8.